The average Bonchev–Trinajstić information content (AvgIpc) is 3.16. The molecule has 1 amide bonds. The quantitative estimate of drug-likeness (QED) is 0.614. The Morgan fingerprint density at radius 1 is 1.27 bits per heavy atom. The summed E-state index contributed by atoms with van der Waals surface area (Å²) in [7, 11) is 1.57. The second kappa shape index (κ2) is 8.57. The van der Waals surface area contributed by atoms with Crippen LogP contribution in [0.1, 0.15) is 29.9 Å². The molecule has 4 rings (SSSR count). The minimum Gasteiger partial charge on any atom is -0.495 e. The molecule has 2 N–H and O–H groups in total. The highest BCUT2D eigenvalue weighted by atomic mass is 35.5. The summed E-state index contributed by atoms with van der Waals surface area (Å²) < 4.78 is 7.12. The van der Waals surface area contributed by atoms with Gasteiger partial charge in [0.25, 0.3) is 0 Å². The SMILES string of the molecule is CCc1nnc2n1N[C@H](c1ccc(OC)c(Cl)c1)[C@@H](C(=O)Nc1ccc(C)cc1)S2. The molecule has 1 aliphatic heterocycles. The summed E-state index contributed by atoms with van der Waals surface area (Å²) in [6.07, 6.45) is 0.719. The highest BCUT2D eigenvalue weighted by Crippen LogP contribution is 2.39. The standard InChI is InChI=1S/C21H22ClN5O2S/c1-4-17-24-25-21-27(17)26-18(13-7-10-16(29-3)15(22)11-13)19(30-21)20(28)23-14-8-5-12(2)6-9-14/h5-11,18-19,26H,4H2,1-3H3,(H,23,28)/t18-,19+/m1/s1. The molecular formula is C21H22ClN5O2S. The molecule has 3 aromatic rings. The van der Waals surface area contributed by atoms with Crippen molar-refractivity contribution in [3.05, 3.63) is 64.4 Å². The minimum absolute atomic E-state index is 0.124. The largest absolute Gasteiger partial charge is 0.495 e. The van der Waals surface area contributed by atoms with Gasteiger partial charge in [-0.05, 0) is 36.8 Å². The maximum atomic E-state index is 13.2. The molecular weight excluding hydrogens is 422 g/mol. The van der Waals surface area contributed by atoms with E-state index in [1.165, 1.54) is 11.8 Å². The van der Waals surface area contributed by atoms with Gasteiger partial charge in [-0.25, -0.2) is 4.68 Å². The number of carbonyl (C=O) groups excluding carboxylic acids is 1. The summed E-state index contributed by atoms with van der Waals surface area (Å²) in [6.45, 7) is 4.02. The summed E-state index contributed by atoms with van der Waals surface area (Å²) in [5.74, 6) is 1.27. The van der Waals surface area contributed by atoms with Crippen LogP contribution in [0, 0.1) is 6.92 Å². The predicted octanol–water partition coefficient (Wildman–Crippen LogP) is 4.21. The molecule has 0 aliphatic carbocycles. The molecule has 2 heterocycles. The molecule has 1 aromatic heterocycles. The van der Waals surface area contributed by atoms with Crippen LogP contribution in [0.4, 0.5) is 5.69 Å². The number of fused-ring (bicyclic) bond motifs is 1. The molecule has 2 atom stereocenters. The zero-order valence-corrected chi connectivity index (χ0v) is 18.4. The lowest BCUT2D eigenvalue weighted by molar-refractivity contribution is -0.116. The number of rotatable bonds is 5. The van der Waals surface area contributed by atoms with Crippen molar-refractivity contribution in [2.45, 2.75) is 36.7 Å². The van der Waals surface area contributed by atoms with Crippen LogP contribution in [0.2, 0.25) is 5.02 Å². The van der Waals surface area contributed by atoms with Crippen LogP contribution in [0.3, 0.4) is 0 Å². The summed E-state index contributed by atoms with van der Waals surface area (Å²) in [5, 5.41) is 12.2. The second-order valence-corrected chi connectivity index (χ2v) is 8.50. The van der Waals surface area contributed by atoms with Gasteiger partial charge in [0.15, 0.2) is 5.82 Å². The topological polar surface area (TPSA) is 81.1 Å². The molecule has 0 spiro atoms. The lowest BCUT2D eigenvalue weighted by atomic mass is 10.0. The molecule has 7 nitrogen and oxygen atoms in total. The number of thioether (sulfide) groups is 1. The Balaban J connectivity index is 1.68. The lowest BCUT2D eigenvalue weighted by Gasteiger charge is -2.33. The highest BCUT2D eigenvalue weighted by Gasteiger charge is 2.38. The van der Waals surface area contributed by atoms with Gasteiger partial charge in [-0.1, -0.05) is 54.0 Å². The minimum atomic E-state index is -0.475. The Morgan fingerprint density at radius 2 is 2.03 bits per heavy atom. The number of halogens is 1. The van der Waals surface area contributed by atoms with Crippen molar-refractivity contribution in [1.82, 2.24) is 14.9 Å². The summed E-state index contributed by atoms with van der Waals surface area (Å²) >= 11 is 7.75. The number of carbonyl (C=O) groups is 1. The summed E-state index contributed by atoms with van der Waals surface area (Å²) in [4.78, 5) is 13.2. The first-order valence-electron chi connectivity index (χ1n) is 9.58. The van der Waals surface area contributed by atoms with Crippen molar-refractivity contribution in [3.63, 3.8) is 0 Å². The van der Waals surface area contributed by atoms with E-state index in [9.17, 15) is 4.79 Å². The van der Waals surface area contributed by atoms with Crippen LogP contribution < -0.4 is 15.5 Å². The third-order valence-electron chi connectivity index (χ3n) is 4.93. The maximum Gasteiger partial charge on any atom is 0.240 e. The van der Waals surface area contributed by atoms with Crippen LogP contribution in [-0.2, 0) is 11.2 Å². The summed E-state index contributed by atoms with van der Waals surface area (Å²) in [5.41, 5.74) is 6.17. The molecule has 9 heteroatoms. The number of ether oxygens (including phenoxy) is 1. The fourth-order valence-electron chi connectivity index (χ4n) is 3.30. The average molecular weight is 444 g/mol. The number of anilines is 1. The fraction of sp³-hybridized carbons (Fsp3) is 0.286. The van der Waals surface area contributed by atoms with E-state index < -0.39 is 5.25 Å². The van der Waals surface area contributed by atoms with Crippen LogP contribution in [-0.4, -0.2) is 33.1 Å². The number of aryl methyl sites for hydroxylation is 2. The molecule has 0 saturated carbocycles. The molecule has 30 heavy (non-hydrogen) atoms. The molecule has 0 bridgehead atoms. The lowest BCUT2D eigenvalue weighted by Crippen LogP contribution is -2.41. The van der Waals surface area contributed by atoms with Crippen LogP contribution in [0.15, 0.2) is 47.6 Å². The molecule has 0 fully saturated rings. The van der Waals surface area contributed by atoms with Crippen molar-refractivity contribution < 1.29 is 9.53 Å². The van der Waals surface area contributed by atoms with E-state index in [1.807, 2.05) is 54.9 Å². The molecule has 1 aliphatic rings. The van der Waals surface area contributed by atoms with Crippen molar-refractivity contribution in [2.75, 3.05) is 17.9 Å². The van der Waals surface area contributed by atoms with Gasteiger partial charge in [-0.3, -0.25) is 4.79 Å². The van der Waals surface area contributed by atoms with Gasteiger partial charge in [0, 0.05) is 12.1 Å². The van der Waals surface area contributed by atoms with E-state index in [4.69, 9.17) is 16.3 Å². The predicted molar refractivity (Wildman–Crippen MR) is 119 cm³/mol. The van der Waals surface area contributed by atoms with E-state index >= 15 is 0 Å². The second-order valence-electron chi connectivity index (χ2n) is 6.98. The van der Waals surface area contributed by atoms with E-state index in [1.54, 1.807) is 13.2 Å². The van der Waals surface area contributed by atoms with Crippen molar-refractivity contribution in [2.24, 2.45) is 0 Å². The Morgan fingerprint density at radius 3 is 2.70 bits per heavy atom. The smallest absolute Gasteiger partial charge is 0.240 e. The maximum absolute atomic E-state index is 13.2. The Labute approximate surface area is 184 Å². The number of methoxy groups -OCH3 is 1. The normalized spacial score (nSPS) is 17.7. The number of nitrogens with one attached hydrogen (secondary N) is 2. The van der Waals surface area contributed by atoms with E-state index in [0.717, 1.165) is 29.1 Å². The van der Waals surface area contributed by atoms with E-state index in [-0.39, 0.29) is 11.9 Å². The van der Waals surface area contributed by atoms with Gasteiger partial charge in [0.05, 0.1) is 18.2 Å². The first kappa shape index (κ1) is 20.6. The van der Waals surface area contributed by atoms with Crippen molar-refractivity contribution in [3.8, 4) is 5.75 Å². The molecule has 2 aromatic carbocycles. The number of amides is 1. The Bertz CT molecular complexity index is 1070. The van der Waals surface area contributed by atoms with Gasteiger partial charge in [-0.15, -0.1) is 10.2 Å². The fourth-order valence-corrected chi connectivity index (χ4v) is 4.67. The van der Waals surface area contributed by atoms with E-state index in [0.29, 0.717) is 15.9 Å². The number of nitrogens with zero attached hydrogens (tertiary/aromatic N) is 3. The monoisotopic (exact) mass is 443 g/mol. The number of hydrogen-bond acceptors (Lipinski definition) is 6. The van der Waals surface area contributed by atoms with Gasteiger partial charge in [0.2, 0.25) is 11.1 Å². The third kappa shape index (κ3) is 3.97. The Hall–Kier alpha value is -2.71. The van der Waals surface area contributed by atoms with Crippen molar-refractivity contribution >= 4 is 35.0 Å². The summed E-state index contributed by atoms with van der Waals surface area (Å²) in [6, 6.07) is 12.9. The number of benzene rings is 2. The first-order chi connectivity index (χ1) is 14.5. The molecule has 0 radical (unpaired) electrons. The molecule has 0 unspecified atom stereocenters. The zero-order chi connectivity index (χ0) is 21.3. The van der Waals surface area contributed by atoms with E-state index in [2.05, 4.69) is 20.9 Å². The van der Waals surface area contributed by atoms with Gasteiger partial charge in [0.1, 0.15) is 11.0 Å². The number of hydrogen-bond donors (Lipinski definition) is 2. The third-order valence-corrected chi connectivity index (χ3v) is 6.44. The van der Waals surface area contributed by atoms with Crippen molar-refractivity contribution in [1.29, 1.82) is 0 Å². The van der Waals surface area contributed by atoms with Crippen LogP contribution in [0.25, 0.3) is 0 Å². The van der Waals surface area contributed by atoms with Gasteiger partial charge in [-0.2, -0.15) is 0 Å². The zero-order valence-electron chi connectivity index (χ0n) is 16.8. The van der Waals surface area contributed by atoms with Crippen LogP contribution in [0.5, 0.6) is 5.75 Å². The Kier molecular flexibility index (Phi) is 5.87. The first-order valence-corrected chi connectivity index (χ1v) is 10.8. The highest BCUT2D eigenvalue weighted by molar-refractivity contribution is 8.00. The van der Waals surface area contributed by atoms with Gasteiger partial charge < -0.3 is 15.5 Å². The van der Waals surface area contributed by atoms with Gasteiger partial charge >= 0.3 is 0 Å². The molecule has 0 saturated heterocycles. The van der Waals surface area contributed by atoms with Crippen LogP contribution >= 0.6 is 23.4 Å². The number of aromatic nitrogens is 3. The molecule has 156 valence electrons.